The molecule has 0 aliphatic carbocycles. The third-order valence-electron chi connectivity index (χ3n) is 3.41. The average Bonchev–Trinajstić information content (AvgIpc) is 2.94. The summed E-state index contributed by atoms with van der Waals surface area (Å²) in [6.07, 6.45) is 1.93. The van der Waals surface area contributed by atoms with E-state index < -0.39 is 0 Å². The Morgan fingerprint density at radius 2 is 1.83 bits per heavy atom. The van der Waals surface area contributed by atoms with Crippen LogP contribution in [0.5, 0.6) is 5.75 Å². The molecule has 0 atom stereocenters. The van der Waals surface area contributed by atoms with Crippen LogP contribution in [0.25, 0.3) is 0 Å². The van der Waals surface area contributed by atoms with Gasteiger partial charge in [-0.2, -0.15) is 0 Å². The number of rotatable bonds is 8. The van der Waals surface area contributed by atoms with Gasteiger partial charge in [-0.25, -0.2) is 4.98 Å². The molecule has 2 aromatic rings. The Hall–Kier alpha value is -1.88. The largest absolute Gasteiger partial charge is 0.486 e. The summed E-state index contributed by atoms with van der Waals surface area (Å²) in [5.41, 5.74) is 0.795. The lowest BCUT2D eigenvalue weighted by Gasteiger charge is -2.20. The first-order valence-electron chi connectivity index (χ1n) is 8.09. The Morgan fingerprint density at radius 3 is 2.43 bits per heavy atom. The molecule has 0 fully saturated rings. The molecule has 1 heterocycles. The molecule has 0 saturated carbocycles. The number of aryl methyl sites for hydroxylation is 1. The van der Waals surface area contributed by atoms with Crippen LogP contribution in [-0.2, 0) is 6.61 Å². The minimum absolute atomic E-state index is 0.0923. The Labute approximate surface area is 142 Å². The number of thiazole rings is 1. The summed E-state index contributed by atoms with van der Waals surface area (Å²) in [5, 5.41) is 0.836. The lowest BCUT2D eigenvalue weighted by Crippen LogP contribution is -2.32. The van der Waals surface area contributed by atoms with Crippen LogP contribution in [0.15, 0.2) is 30.3 Å². The summed E-state index contributed by atoms with van der Waals surface area (Å²) in [5.74, 6) is 0.904. The van der Waals surface area contributed by atoms with E-state index in [0.29, 0.717) is 6.61 Å². The molecular formula is C18H24N2O2S. The molecule has 0 N–H and O–H groups in total. The van der Waals surface area contributed by atoms with Crippen molar-refractivity contribution in [3.8, 4) is 5.75 Å². The molecule has 0 bridgehead atoms. The first-order chi connectivity index (χ1) is 11.2. The third-order valence-corrected chi connectivity index (χ3v) is 4.53. The van der Waals surface area contributed by atoms with Crippen LogP contribution in [-0.4, -0.2) is 28.9 Å². The Bertz CT molecular complexity index is 619. The smallest absolute Gasteiger partial charge is 0.265 e. The highest BCUT2D eigenvalue weighted by atomic mass is 32.1. The second kappa shape index (κ2) is 8.67. The molecule has 5 heteroatoms. The number of carbonyl (C=O) groups is 1. The van der Waals surface area contributed by atoms with E-state index in [1.165, 1.54) is 11.3 Å². The van der Waals surface area contributed by atoms with E-state index in [2.05, 4.69) is 18.8 Å². The SMILES string of the molecule is CCCN(CCC)C(=O)c1sc(COc2ccccc2)nc1C. The number of aromatic nitrogens is 1. The fourth-order valence-corrected chi connectivity index (χ4v) is 3.32. The predicted octanol–water partition coefficient (Wildman–Crippen LogP) is 4.29. The number of nitrogens with zero attached hydrogens (tertiary/aromatic N) is 2. The van der Waals surface area contributed by atoms with Crippen molar-refractivity contribution in [1.82, 2.24) is 9.88 Å². The van der Waals surface area contributed by atoms with Crippen LogP contribution in [0.3, 0.4) is 0 Å². The topological polar surface area (TPSA) is 42.4 Å². The highest BCUT2D eigenvalue weighted by molar-refractivity contribution is 7.13. The first kappa shape index (κ1) is 17.5. The normalized spacial score (nSPS) is 10.6. The number of hydrogen-bond donors (Lipinski definition) is 0. The summed E-state index contributed by atoms with van der Waals surface area (Å²) in [6.45, 7) is 8.05. The number of ether oxygens (including phenoxy) is 1. The van der Waals surface area contributed by atoms with Crippen molar-refractivity contribution in [3.63, 3.8) is 0 Å². The molecule has 1 amide bonds. The summed E-state index contributed by atoms with van der Waals surface area (Å²) < 4.78 is 5.72. The summed E-state index contributed by atoms with van der Waals surface area (Å²) in [4.78, 5) is 19.8. The van der Waals surface area contributed by atoms with Gasteiger partial charge in [0.05, 0.1) is 5.69 Å². The number of hydrogen-bond acceptors (Lipinski definition) is 4. The van der Waals surface area contributed by atoms with Crippen LogP contribution in [0, 0.1) is 6.92 Å². The van der Waals surface area contributed by atoms with Gasteiger partial charge in [0.25, 0.3) is 5.91 Å². The number of carbonyl (C=O) groups excluding carboxylic acids is 1. The van der Waals surface area contributed by atoms with Crippen molar-refractivity contribution in [1.29, 1.82) is 0 Å². The number of benzene rings is 1. The molecular weight excluding hydrogens is 308 g/mol. The molecule has 124 valence electrons. The van der Waals surface area contributed by atoms with Crippen LogP contribution in [0.4, 0.5) is 0 Å². The number of amides is 1. The highest BCUT2D eigenvalue weighted by Gasteiger charge is 2.20. The third kappa shape index (κ3) is 4.79. The summed E-state index contributed by atoms with van der Waals surface area (Å²) in [7, 11) is 0. The molecule has 0 aliphatic heterocycles. The van der Waals surface area contributed by atoms with E-state index in [1.54, 1.807) is 0 Å². The molecule has 0 radical (unpaired) electrons. The van der Waals surface area contributed by atoms with Gasteiger partial charge in [-0.3, -0.25) is 4.79 Å². The van der Waals surface area contributed by atoms with Gasteiger partial charge < -0.3 is 9.64 Å². The Morgan fingerprint density at radius 1 is 1.17 bits per heavy atom. The minimum atomic E-state index is 0.0923. The molecule has 1 aromatic heterocycles. The first-order valence-corrected chi connectivity index (χ1v) is 8.90. The van der Waals surface area contributed by atoms with Gasteiger partial charge >= 0.3 is 0 Å². The maximum absolute atomic E-state index is 12.7. The Balaban J connectivity index is 2.06. The van der Waals surface area contributed by atoms with Crippen molar-refractivity contribution in [3.05, 3.63) is 45.9 Å². The van der Waals surface area contributed by atoms with Gasteiger partial charge in [0.2, 0.25) is 0 Å². The lowest BCUT2D eigenvalue weighted by atomic mass is 10.3. The molecule has 0 saturated heterocycles. The van der Waals surface area contributed by atoms with Crippen molar-refractivity contribution in [2.45, 2.75) is 40.2 Å². The van der Waals surface area contributed by atoms with Crippen molar-refractivity contribution >= 4 is 17.2 Å². The number of para-hydroxylation sites is 1. The zero-order valence-corrected chi connectivity index (χ0v) is 14.9. The second-order valence-corrected chi connectivity index (χ2v) is 6.50. The highest BCUT2D eigenvalue weighted by Crippen LogP contribution is 2.22. The zero-order valence-electron chi connectivity index (χ0n) is 14.0. The molecule has 0 spiro atoms. The van der Waals surface area contributed by atoms with E-state index in [-0.39, 0.29) is 5.91 Å². The molecule has 1 aromatic carbocycles. The van der Waals surface area contributed by atoms with E-state index in [9.17, 15) is 4.79 Å². The van der Waals surface area contributed by atoms with Crippen LogP contribution < -0.4 is 4.74 Å². The molecule has 23 heavy (non-hydrogen) atoms. The fraction of sp³-hybridized carbons (Fsp3) is 0.444. The van der Waals surface area contributed by atoms with Gasteiger partial charge in [-0.15, -0.1) is 11.3 Å². The van der Waals surface area contributed by atoms with Gasteiger partial charge in [0.15, 0.2) is 0 Å². The maximum Gasteiger partial charge on any atom is 0.265 e. The zero-order chi connectivity index (χ0) is 16.7. The molecule has 0 unspecified atom stereocenters. The lowest BCUT2D eigenvalue weighted by molar-refractivity contribution is 0.0759. The van der Waals surface area contributed by atoms with Crippen LogP contribution in [0.1, 0.15) is 47.1 Å². The molecule has 0 aliphatic rings. The Kier molecular flexibility index (Phi) is 6.59. The maximum atomic E-state index is 12.7. The van der Waals surface area contributed by atoms with Gasteiger partial charge in [0, 0.05) is 13.1 Å². The summed E-state index contributed by atoms with van der Waals surface area (Å²) >= 11 is 1.44. The van der Waals surface area contributed by atoms with Crippen LogP contribution in [0.2, 0.25) is 0 Å². The van der Waals surface area contributed by atoms with Crippen molar-refractivity contribution in [2.75, 3.05) is 13.1 Å². The standard InChI is InChI=1S/C18H24N2O2S/c1-4-11-20(12-5-2)18(21)17-14(3)19-16(23-17)13-22-15-9-7-6-8-10-15/h6-10H,4-5,11-13H2,1-3H3. The quantitative estimate of drug-likeness (QED) is 0.724. The second-order valence-electron chi connectivity index (χ2n) is 5.42. The average molecular weight is 332 g/mol. The van der Waals surface area contributed by atoms with Gasteiger partial charge in [-0.1, -0.05) is 32.0 Å². The van der Waals surface area contributed by atoms with Crippen molar-refractivity contribution < 1.29 is 9.53 Å². The van der Waals surface area contributed by atoms with E-state index in [1.807, 2.05) is 42.2 Å². The van der Waals surface area contributed by atoms with Crippen LogP contribution >= 0.6 is 11.3 Å². The fourth-order valence-electron chi connectivity index (χ4n) is 2.37. The monoisotopic (exact) mass is 332 g/mol. The molecule has 4 nitrogen and oxygen atoms in total. The summed E-state index contributed by atoms with van der Waals surface area (Å²) in [6, 6.07) is 9.65. The van der Waals surface area contributed by atoms with E-state index >= 15 is 0 Å². The van der Waals surface area contributed by atoms with E-state index in [4.69, 9.17) is 4.74 Å². The molecule has 2 rings (SSSR count). The van der Waals surface area contributed by atoms with Crippen molar-refractivity contribution in [2.24, 2.45) is 0 Å². The van der Waals surface area contributed by atoms with Gasteiger partial charge in [-0.05, 0) is 31.9 Å². The van der Waals surface area contributed by atoms with E-state index in [0.717, 1.165) is 47.3 Å². The predicted molar refractivity (Wildman–Crippen MR) is 94.1 cm³/mol. The minimum Gasteiger partial charge on any atom is -0.486 e. The van der Waals surface area contributed by atoms with Gasteiger partial charge in [0.1, 0.15) is 22.2 Å².